The van der Waals surface area contributed by atoms with Gasteiger partial charge in [0, 0.05) is 27.3 Å². The molecule has 0 spiro atoms. The Labute approximate surface area is 176 Å². The highest BCUT2D eigenvalue weighted by molar-refractivity contribution is 6.35. The van der Waals surface area contributed by atoms with Gasteiger partial charge in [-0.25, -0.2) is 14.1 Å². The van der Waals surface area contributed by atoms with E-state index in [0.717, 1.165) is 22.2 Å². The van der Waals surface area contributed by atoms with Crippen LogP contribution >= 0.6 is 23.2 Å². The van der Waals surface area contributed by atoms with E-state index in [4.69, 9.17) is 23.2 Å². The van der Waals surface area contributed by atoms with Gasteiger partial charge in [-0.1, -0.05) is 35.3 Å². The maximum absolute atomic E-state index is 13.3. The van der Waals surface area contributed by atoms with Crippen molar-refractivity contribution in [2.75, 3.05) is 5.32 Å². The summed E-state index contributed by atoms with van der Waals surface area (Å²) in [7, 11) is 0. The van der Waals surface area contributed by atoms with Gasteiger partial charge in [0.15, 0.2) is 5.65 Å². The number of aromatic nitrogens is 3. The predicted molar refractivity (Wildman–Crippen MR) is 113 cm³/mol. The van der Waals surface area contributed by atoms with Crippen molar-refractivity contribution < 1.29 is 9.18 Å². The number of amides is 1. The number of hydrogen-bond acceptors (Lipinski definition) is 3. The van der Waals surface area contributed by atoms with Gasteiger partial charge in [-0.2, -0.15) is 5.10 Å². The molecule has 0 saturated heterocycles. The van der Waals surface area contributed by atoms with E-state index in [1.807, 2.05) is 13.0 Å². The van der Waals surface area contributed by atoms with Crippen LogP contribution in [0.3, 0.4) is 0 Å². The van der Waals surface area contributed by atoms with Gasteiger partial charge in [-0.15, -0.1) is 0 Å². The SMILES string of the molecule is Cc1nn(CC(=O)Nc2cc(Cl)cc(Cl)c2)c2nccc(-c3ccc(F)cc3)c12. The fourth-order valence-corrected chi connectivity index (χ4v) is 3.75. The Morgan fingerprint density at radius 3 is 2.48 bits per heavy atom. The molecule has 4 aromatic rings. The van der Waals surface area contributed by atoms with E-state index in [-0.39, 0.29) is 18.3 Å². The van der Waals surface area contributed by atoms with Crippen LogP contribution in [-0.2, 0) is 11.3 Å². The summed E-state index contributed by atoms with van der Waals surface area (Å²) >= 11 is 11.9. The minimum atomic E-state index is -0.302. The van der Waals surface area contributed by atoms with Crippen molar-refractivity contribution in [1.82, 2.24) is 14.8 Å². The fourth-order valence-electron chi connectivity index (χ4n) is 3.22. The second-order valence-electron chi connectivity index (χ2n) is 6.51. The molecule has 2 aromatic carbocycles. The third kappa shape index (κ3) is 4.09. The van der Waals surface area contributed by atoms with Gasteiger partial charge in [-0.3, -0.25) is 4.79 Å². The maximum Gasteiger partial charge on any atom is 0.246 e. The first-order chi connectivity index (χ1) is 13.9. The first kappa shape index (κ1) is 19.4. The molecule has 0 aliphatic rings. The lowest BCUT2D eigenvalue weighted by atomic mass is 10.0. The van der Waals surface area contributed by atoms with Crippen molar-refractivity contribution in [3.8, 4) is 11.1 Å². The number of nitrogens with one attached hydrogen (secondary N) is 1. The standard InChI is InChI=1S/C21H15Cl2FN4O/c1-12-20-18(13-2-4-16(24)5-3-13)6-7-25-21(20)28(27-12)11-19(29)26-17-9-14(22)8-15(23)10-17/h2-10H,11H2,1H3,(H,26,29). The third-order valence-electron chi connectivity index (χ3n) is 4.40. The molecule has 0 atom stereocenters. The average molecular weight is 429 g/mol. The number of rotatable bonds is 4. The van der Waals surface area contributed by atoms with Crippen LogP contribution in [0, 0.1) is 12.7 Å². The number of fused-ring (bicyclic) bond motifs is 1. The van der Waals surface area contributed by atoms with Gasteiger partial charge >= 0.3 is 0 Å². The number of pyridine rings is 1. The number of carbonyl (C=O) groups is 1. The number of nitrogens with zero attached hydrogens (tertiary/aromatic N) is 3. The van der Waals surface area contributed by atoms with E-state index in [2.05, 4.69) is 15.4 Å². The number of anilines is 1. The van der Waals surface area contributed by atoms with Gasteiger partial charge in [0.05, 0.1) is 5.69 Å². The summed E-state index contributed by atoms with van der Waals surface area (Å²) in [5.74, 6) is -0.592. The molecule has 1 N–H and O–H groups in total. The Balaban J connectivity index is 1.65. The summed E-state index contributed by atoms with van der Waals surface area (Å²) in [4.78, 5) is 16.9. The zero-order valence-corrected chi connectivity index (χ0v) is 16.8. The van der Waals surface area contributed by atoms with Crippen molar-refractivity contribution in [3.05, 3.63) is 76.3 Å². The molecule has 1 amide bonds. The first-order valence-corrected chi connectivity index (χ1v) is 9.50. The summed E-state index contributed by atoms with van der Waals surface area (Å²) in [6.07, 6.45) is 1.65. The lowest BCUT2D eigenvalue weighted by Crippen LogP contribution is -2.19. The monoisotopic (exact) mass is 428 g/mol. The van der Waals surface area contributed by atoms with E-state index in [1.54, 1.807) is 41.2 Å². The van der Waals surface area contributed by atoms with E-state index in [1.165, 1.54) is 12.1 Å². The Bertz CT molecular complexity index is 1200. The van der Waals surface area contributed by atoms with Crippen LogP contribution in [0.25, 0.3) is 22.2 Å². The van der Waals surface area contributed by atoms with E-state index in [0.29, 0.717) is 21.4 Å². The van der Waals surface area contributed by atoms with Crippen LogP contribution < -0.4 is 5.32 Å². The highest BCUT2D eigenvalue weighted by Gasteiger charge is 2.16. The highest BCUT2D eigenvalue weighted by Crippen LogP contribution is 2.30. The quantitative estimate of drug-likeness (QED) is 0.467. The van der Waals surface area contributed by atoms with Crippen LogP contribution in [0.5, 0.6) is 0 Å². The Morgan fingerprint density at radius 2 is 1.79 bits per heavy atom. The van der Waals surface area contributed by atoms with Gasteiger partial charge in [-0.05, 0) is 54.4 Å². The molecule has 0 fully saturated rings. The minimum absolute atomic E-state index is 0.0334. The molecule has 2 aromatic heterocycles. The molecule has 29 heavy (non-hydrogen) atoms. The number of hydrogen-bond donors (Lipinski definition) is 1. The van der Waals surface area contributed by atoms with E-state index < -0.39 is 0 Å². The maximum atomic E-state index is 13.3. The molecule has 0 aliphatic carbocycles. The zero-order valence-electron chi connectivity index (χ0n) is 15.3. The lowest BCUT2D eigenvalue weighted by Gasteiger charge is -2.08. The van der Waals surface area contributed by atoms with Crippen molar-refractivity contribution in [3.63, 3.8) is 0 Å². The van der Waals surface area contributed by atoms with Crippen LogP contribution in [0.1, 0.15) is 5.69 Å². The minimum Gasteiger partial charge on any atom is -0.324 e. The molecule has 5 nitrogen and oxygen atoms in total. The smallest absolute Gasteiger partial charge is 0.246 e. The summed E-state index contributed by atoms with van der Waals surface area (Å²) < 4.78 is 14.8. The van der Waals surface area contributed by atoms with Crippen LogP contribution in [-0.4, -0.2) is 20.7 Å². The molecular weight excluding hydrogens is 414 g/mol. The zero-order chi connectivity index (χ0) is 20.5. The molecule has 146 valence electrons. The molecular formula is C21H15Cl2FN4O. The van der Waals surface area contributed by atoms with Crippen molar-refractivity contribution in [2.24, 2.45) is 0 Å². The number of carbonyl (C=O) groups excluding carboxylic acids is 1. The van der Waals surface area contributed by atoms with Gasteiger partial charge in [0.25, 0.3) is 0 Å². The highest BCUT2D eigenvalue weighted by atomic mass is 35.5. The van der Waals surface area contributed by atoms with Gasteiger partial charge in [0.1, 0.15) is 12.4 Å². The molecule has 0 unspecified atom stereocenters. The molecule has 2 heterocycles. The summed E-state index contributed by atoms with van der Waals surface area (Å²) in [5.41, 5.74) is 3.52. The number of benzene rings is 2. The Kier molecular flexibility index (Phi) is 5.22. The van der Waals surface area contributed by atoms with Crippen LogP contribution in [0.15, 0.2) is 54.7 Å². The van der Waals surface area contributed by atoms with Crippen molar-refractivity contribution in [2.45, 2.75) is 13.5 Å². The third-order valence-corrected chi connectivity index (χ3v) is 4.84. The number of aryl methyl sites for hydroxylation is 1. The van der Waals surface area contributed by atoms with Crippen molar-refractivity contribution >= 4 is 45.8 Å². The molecule has 0 aliphatic heterocycles. The summed E-state index contributed by atoms with van der Waals surface area (Å²) in [5, 5.41) is 8.91. The molecule has 0 radical (unpaired) electrons. The van der Waals surface area contributed by atoms with E-state index in [9.17, 15) is 9.18 Å². The van der Waals surface area contributed by atoms with E-state index >= 15 is 0 Å². The molecule has 8 heteroatoms. The average Bonchev–Trinajstić information content (AvgIpc) is 2.97. The topological polar surface area (TPSA) is 59.8 Å². The lowest BCUT2D eigenvalue weighted by molar-refractivity contribution is -0.116. The number of halogens is 3. The normalized spacial score (nSPS) is 11.0. The Morgan fingerprint density at radius 1 is 1.10 bits per heavy atom. The van der Waals surface area contributed by atoms with Crippen LogP contribution in [0.2, 0.25) is 10.0 Å². The van der Waals surface area contributed by atoms with Gasteiger partial charge in [0.2, 0.25) is 5.91 Å². The molecule has 0 saturated carbocycles. The molecule has 0 bridgehead atoms. The Hall–Kier alpha value is -2.96. The van der Waals surface area contributed by atoms with Crippen molar-refractivity contribution in [1.29, 1.82) is 0 Å². The van der Waals surface area contributed by atoms with Crippen LogP contribution in [0.4, 0.5) is 10.1 Å². The first-order valence-electron chi connectivity index (χ1n) is 8.75. The second-order valence-corrected chi connectivity index (χ2v) is 7.39. The molecule has 4 rings (SSSR count). The summed E-state index contributed by atoms with van der Waals surface area (Å²) in [6.45, 7) is 1.82. The fraction of sp³-hybridized carbons (Fsp3) is 0.0952. The predicted octanol–water partition coefficient (Wildman–Crippen LogP) is 5.49. The largest absolute Gasteiger partial charge is 0.324 e. The second kappa shape index (κ2) is 7.81. The summed E-state index contributed by atoms with van der Waals surface area (Å²) in [6, 6.07) is 12.9. The van der Waals surface area contributed by atoms with Gasteiger partial charge < -0.3 is 5.32 Å².